The van der Waals surface area contributed by atoms with E-state index >= 15 is 0 Å². The minimum Gasteiger partial charge on any atom is -0.265 e. The molecule has 1 aromatic carbocycles. The first-order valence-corrected chi connectivity index (χ1v) is 3.95. The van der Waals surface area contributed by atoms with Crippen LogP contribution in [0, 0.1) is 10.1 Å². The second-order valence-corrected chi connectivity index (χ2v) is 2.19. The van der Waals surface area contributed by atoms with Gasteiger partial charge in [0.1, 0.15) is 0 Å². The van der Waals surface area contributed by atoms with E-state index in [2.05, 4.69) is 4.99 Å². The molecule has 0 radical (unpaired) electrons. The SMILES string of the molecule is CC[N+](=O)[O-].O=C=Nc1ccccc1. The summed E-state index contributed by atoms with van der Waals surface area (Å²) < 4.78 is 0. The lowest BCUT2D eigenvalue weighted by molar-refractivity contribution is -0.475. The number of nitro groups is 1. The fourth-order valence-corrected chi connectivity index (χ4v) is 0.555. The Morgan fingerprint density at radius 3 is 2.29 bits per heavy atom. The van der Waals surface area contributed by atoms with Crippen molar-refractivity contribution in [2.24, 2.45) is 4.99 Å². The van der Waals surface area contributed by atoms with E-state index in [0.717, 1.165) is 0 Å². The van der Waals surface area contributed by atoms with Crippen LogP contribution in [0.1, 0.15) is 6.92 Å². The van der Waals surface area contributed by atoms with Crippen LogP contribution in [0.15, 0.2) is 35.3 Å². The van der Waals surface area contributed by atoms with E-state index in [4.69, 9.17) is 0 Å². The Morgan fingerprint density at radius 2 is 1.93 bits per heavy atom. The molecule has 14 heavy (non-hydrogen) atoms. The summed E-state index contributed by atoms with van der Waals surface area (Å²) in [7, 11) is 0. The molecule has 0 aliphatic carbocycles. The molecule has 0 aromatic heterocycles. The highest BCUT2D eigenvalue weighted by Crippen LogP contribution is 2.06. The summed E-state index contributed by atoms with van der Waals surface area (Å²) in [4.78, 5) is 21.9. The maximum absolute atomic E-state index is 9.68. The van der Waals surface area contributed by atoms with E-state index in [0.29, 0.717) is 5.69 Å². The summed E-state index contributed by atoms with van der Waals surface area (Å²) in [6.07, 6.45) is 1.46. The van der Waals surface area contributed by atoms with Crippen LogP contribution in [-0.4, -0.2) is 17.5 Å². The molecule has 0 N–H and O–H groups in total. The van der Waals surface area contributed by atoms with E-state index in [1.807, 2.05) is 18.2 Å². The lowest BCUT2D eigenvalue weighted by Crippen LogP contribution is -1.92. The Morgan fingerprint density at radius 1 is 1.43 bits per heavy atom. The number of isocyanates is 1. The van der Waals surface area contributed by atoms with Gasteiger partial charge in [-0.25, -0.2) is 4.79 Å². The number of hydrogen-bond donors (Lipinski definition) is 0. The predicted molar refractivity (Wildman–Crippen MR) is 51.8 cm³/mol. The third kappa shape index (κ3) is 6.69. The molecule has 0 aliphatic rings. The molecule has 0 saturated carbocycles. The zero-order valence-electron chi connectivity index (χ0n) is 7.71. The van der Waals surface area contributed by atoms with Gasteiger partial charge in [-0.3, -0.25) is 10.1 Å². The van der Waals surface area contributed by atoms with Crippen LogP contribution >= 0.6 is 0 Å². The largest absolute Gasteiger partial charge is 0.265 e. The van der Waals surface area contributed by atoms with Gasteiger partial charge in [0.25, 0.3) is 0 Å². The molecule has 1 rings (SSSR count). The Kier molecular flexibility index (Phi) is 6.55. The molecule has 0 fully saturated rings. The van der Waals surface area contributed by atoms with Crippen LogP contribution in [0.5, 0.6) is 0 Å². The summed E-state index contributed by atoms with van der Waals surface area (Å²) in [6.45, 7) is 1.53. The molecule has 0 unspecified atom stereocenters. The normalized spacial score (nSPS) is 7.79. The van der Waals surface area contributed by atoms with E-state index in [1.54, 1.807) is 12.1 Å². The van der Waals surface area contributed by atoms with Gasteiger partial charge in [0.15, 0.2) is 0 Å². The molecule has 0 atom stereocenters. The number of para-hydroxylation sites is 1. The van der Waals surface area contributed by atoms with Crippen LogP contribution in [0.25, 0.3) is 0 Å². The van der Waals surface area contributed by atoms with E-state index in [1.165, 1.54) is 13.0 Å². The smallest absolute Gasteiger partial charge is 0.240 e. The minimum atomic E-state index is -0.375. The molecule has 74 valence electrons. The summed E-state index contributed by atoms with van der Waals surface area (Å²) in [5.74, 6) is 0. The van der Waals surface area contributed by atoms with Crippen molar-refractivity contribution in [2.75, 3.05) is 6.54 Å². The maximum atomic E-state index is 9.68. The fraction of sp³-hybridized carbons (Fsp3) is 0.222. The minimum absolute atomic E-state index is 0.0278. The monoisotopic (exact) mass is 194 g/mol. The first-order valence-electron chi connectivity index (χ1n) is 3.95. The third-order valence-electron chi connectivity index (χ3n) is 1.19. The van der Waals surface area contributed by atoms with Crippen LogP contribution in [0.3, 0.4) is 0 Å². The van der Waals surface area contributed by atoms with E-state index in [9.17, 15) is 14.9 Å². The van der Waals surface area contributed by atoms with Crippen LogP contribution < -0.4 is 0 Å². The van der Waals surface area contributed by atoms with Crippen molar-refractivity contribution < 1.29 is 9.72 Å². The number of carbonyl (C=O) groups excluding carboxylic acids is 1. The van der Waals surface area contributed by atoms with Crippen LogP contribution in [0.4, 0.5) is 5.69 Å². The first kappa shape index (κ1) is 12.0. The Bertz CT molecular complexity index is 318. The average Bonchev–Trinajstić information content (AvgIpc) is 2.21. The number of aliphatic imine (C=N–C) groups is 1. The third-order valence-corrected chi connectivity index (χ3v) is 1.19. The second kappa shape index (κ2) is 7.64. The quantitative estimate of drug-likeness (QED) is 0.312. The van der Waals surface area contributed by atoms with Gasteiger partial charge in [-0.05, 0) is 12.1 Å². The summed E-state index contributed by atoms with van der Waals surface area (Å²) in [6, 6.07) is 8.98. The van der Waals surface area contributed by atoms with Gasteiger partial charge in [-0.15, -0.1) is 0 Å². The summed E-state index contributed by atoms with van der Waals surface area (Å²) in [5.41, 5.74) is 0.646. The predicted octanol–water partition coefficient (Wildman–Crippen LogP) is 1.94. The van der Waals surface area contributed by atoms with Crippen molar-refractivity contribution in [1.82, 2.24) is 0 Å². The first-order chi connectivity index (χ1) is 6.70. The average molecular weight is 194 g/mol. The molecule has 5 nitrogen and oxygen atoms in total. The van der Waals surface area contributed by atoms with Gasteiger partial charge in [-0.1, -0.05) is 18.2 Å². The standard InChI is InChI=1S/C7H5NO.C2H5NO2/c9-6-8-7-4-2-1-3-5-7;1-2-3(4)5/h1-5H;2H2,1H3. The Balaban J connectivity index is 0.000000292. The van der Waals surface area contributed by atoms with Crippen molar-refractivity contribution in [3.8, 4) is 0 Å². The Hall–Kier alpha value is -2.00. The van der Waals surface area contributed by atoms with Crippen molar-refractivity contribution in [2.45, 2.75) is 6.92 Å². The molecule has 0 heterocycles. The number of benzene rings is 1. The molecule has 5 heteroatoms. The van der Waals surface area contributed by atoms with Gasteiger partial charge < -0.3 is 0 Å². The number of rotatable bonds is 2. The van der Waals surface area contributed by atoms with Crippen molar-refractivity contribution in [3.05, 3.63) is 40.4 Å². The van der Waals surface area contributed by atoms with Crippen molar-refractivity contribution in [3.63, 3.8) is 0 Å². The van der Waals surface area contributed by atoms with E-state index in [-0.39, 0.29) is 11.5 Å². The van der Waals surface area contributed by atoms with Gasteiger partial charge in [-0.2, -0.15) is 4.99 Å². The van der Waals surface area contributed by atoms with Crippen LogP contribution in [-0.2, 0) is 4.79 Å². The van der Waals surface area contributed by atoms with Gasteiger partial charge in [0, 0.05) is 11.8 Å². The van der Waals surface area contributed by atoms with Gasteiger partial charge >= 0.3 is 0 Å². The van der Waals surface area contributed by atoms with Crippen LogP contribution in [0.2, 0.25) is 0 Å². The topological polar surface area (TPSA) is 72.6 Å². The zero-order valence-corrected chi connectivity index (χ0v) is 7.71. The summed E-state index contributed by atoms with van der Waals surface area (Å²) in [5, 5.41) is 9.17. The lowest BCUT2D eigenvalue weighted by atomic mass is 10.3. The maximum Gasteiger partial charge on any atom is 0.240 e. The highest BCUT2D eigenvalue weighted by Gasteiger charge is 1.80. The molecule has 0 spiro atoms. The second-order valence-electron chi connectivity index (χ2n) is 2.19. The van der Waals surface area contributed by atoms with Gasteiger partial charge in [0.05, 0.1) is 5.69 Å². The fourth-order valence-electron chi connectivity index (χ4n) is 0.555. The summed E-state index contributed by atoms with van der Waals surface area (Å²) >= 11 is 0. The highest BCUT2D eigenvalue weighted by molar-refractivity contribution is 5.47. The highest BCUT2D eigenvalue weighted by atomic mass is 16.6. The van der Waals surface area contributed by atoms with Crippen molar-refractivity contribution in [1.29, 1.82) is 0 Å². The lowest BCUT2D eigenvalue weighted by Gasteiger charge is -1.83. The molecule has 0 bridgehead atoms. The zero-order chi connectivity index (χ0) is 10.8. The number of nitrogens with zero attached hydrogens (tertiary/aromatic N) is 2. The molecular weight excluding hydrogens is 184 g/mol. The molecular formula is C9H10N2O3. The van der Waals surface area contributed by atoms with Gasteiger partial charge in [0.2, 0.25) is 12.6 Å². The molecule has 1 aromatic rings. The molecule has 0 amide bonds. The van der Waals surface area contributed by atoms with E-state index < -0.39 is 0 Å². The number of hydrogen-bond acceptors (Lipinski definition) is 4. The molecule has 0 aliphatic heterocycles. The Labute approximate surface area is 81.2 Å². The van der Waals surface area contributed by atoms with Crippen molar-refractivity contribution >= 4 is 11.8 Å². The molecule has 0 saturated heterocycles.